The van der Waals surface area contributed by atoms with Gasteiger partial charge < -0.3 is 14.6 Å². The molecule has 0 saturated heterocycles. The zero-order valence-corrected chi connectivity index (χ0v) is 10.9. The number of phenols is 1. The molecule has 1 aliphatic carbocycles. The Morgan fingerprint density at radius 1 is 1.47 bits per heavy atom. The summed E-state index contributed by atoms with van der Waals surface area (Å²) in [6.45, 7) is 2.08. The predicted octanol–water partition coefficient (Wildman–Crippen LogP) is 1.49. The topological polar surface area (TPSA) is 72.8 Å². The van der Waals surface area contributed by atoms with Crippen LogP contribution < -0.4 is 4.74 Å². The van der Waals surface area contributed by atoms with Crippen LogP contribution in [0.3, 0.4) is 0 Å². The third kappa shape index (κ3) is 2.28. The second-order valence-electron chi connectivity index (χ2n) is 4.44. The molecule has 19 heavy (non-hydrogen) atoms. The van der Waals surface area contributed by atoms with Gasteiger partial charge in [-0.25, -0.2) is 0 Å². The monoisotopic (exact) mass is 264 g/mol. The molecular weight excluding hydrogens is 248 g/mol. The van der Waals surface area contributed by atoms with Crippen LogP contribution in [0.2, 0.25) is 0 Å². The second-order valence-corrected chi connectivity index (χ2v) is 4.44. The van der Waals surface area contributed by atoms with Crippen molar-refractivity contribution in [2.24, 2.45) is 5.92 Å². The molecule has 0 saturated carbocycles. The van der Waals surface area contributed by atoms with Crippen molar-refractivity contribution in [3.8, 4) is 11.5 Å². The number of rotatable bonds is 4. The van der Waals surface area contributed by atoms with E-state index in [2.05, 4.69) is 0 Å². The molecule has 0 bridgehead atoms. The normalized spacial score (nSPS) is 16.8. The molecule has 1 N–H and O–H groups in total. The zero-order chi connectivity index (χ0) is 14.0. The van der Waals surface area contributed by atoms with Gasteiger partial charge in [0.15, 0.2) is 6.29 Å². The molecule has 0 spiro atoms. The summed E-state index contributed by atoms with van der Waals surface area (Å²) in [6.07, 6.45) is 1.48. The summed E-state index contributed by atoms with van der Waals surface area (Å²) in [4.78, 5) is 22.9. The van der Waals surface area contributed by atoms with Crippen LogP contribution in [-0.2, 0) is 22.4 Å². The Hall–Kier alpha value is -2.04. The molecule has 5 nitrogen and oxygen atoms in total. The van der Waals surface area contributed by atoms with Crippen molar-refractivity contribution >= 4 is 12.3 Å². The second kappa shape index (κ2) is 5.30. The van der Waals surface area contributed by atoms with Crippen LogP contribution in [0.5, 0.6) is 11.5 Å². The van der Waals surface area contributed by atoms with E-state index in [1.807, 2.05) is 0 Å². The van der Waals surface area contributed by atoms with E-state index in [1.54, 1.807) is 6.92 Å². The van der Waals surface area contributed by atoms with Gasteiger partial charge >= 0.3 is 5.97 Å². The Bertz CT molecular complexity index is 521. The van der Waals surface area contributed by atoms with Crippen LogP contribution in [0.15, 0.2) is 6.07 Å². The number of carbonyl (C=O) groups is 2. The minimum absolute atomic E-state index is 0.116. The number of carbonyl (C=O) groups excluding carboxylic acids is 2. The van der Waals surface area contributed by atoms with Crippen molar-refractivity contribution in [1.29, 1.82) is 0 Å². The number of esters is 1. The number of aromatic hydroxyl groups is 1. The molecule has 0 heterocycles. The molecule has 1 unspecified atom stereocenters. The molecular formula is C14H16O5. The molecule has 5 heteroatoms. The van der Waals surface area contributed by atoms with Crippen molar-refractivity contribution in [3.63, 3.8) is 0 Å². The molecule has 102 valence electrons. The fraction of sp³-hybridized carbons (Fsp3) is 0.429. The molecule has 0 radical (unpaired) electrons. The van der Waals surface area contributed by atoms with Crippen LogP contribution in [0.25, 0.3) is 0 Å². The van der Waals surface area contributed by atoms with Gasteiger partial charge in [0, 0.05) is 6.07 Å². The number of aldehydes is 1. The number of ether oxygens (including phenoxy) is 2. The summed E-state index contributed by atoms with van der Waals surface area (Å²) in [7, 11) is 1.49. The standard InChI is InChI=1S/C14H16O5/c1-3-19-14(17)8-4-9-10(5-8)13(18-2)6-12(16)11(9)7-15/h6-8,16H,3-5H2,1-2H3. The van der Waals surface area contributed by atoms with E-state index in [0.29, 0.717) is 37.0 Å². The van der Waals surface area contributed by atoms with Crippen LogP contribution in [-0.4, -0.2) is 31.1 Å². The van der Waals surface area contributed by atoms with Crippen molar-refractivity contribution < 1.29 is 24.2 Å². The number of hydrogen-bond donors (Lipinski definition) is 1. The Morgan fingerprint density at radius 3 is 2.74 bits per heavy atom. The van der Waals surface area contributed by atoms with Gasteiger partial charge in [0.25, 0.3) is 0 Å². The van der Waals surface area contributed by atoms with Crippen LogP contribution in [0.4, 0.5) is 0 Å². The van der Waals surface area contributed by atoms with Crippen molar-refractivity contribution in [2.75, 3.05) is 13.7 Å². The number of methoxy groups -OCH3 is 1. The predicted molar refractivity (Wildman–Crippen MR) is 67.6 cm³/mol. The van der Waals surface area contributed by atoms with Gasteiger partial charge in [-0.2, -0.15) is 0 Å². The molecule has 1 atom stereocenters. The molecule has 1 aromatic carbocycles. The van der Waals surface area contributed by atoms with Crippen molar-refractivity contribution in [2.45, 2.75) is 19.8 Å². The highest BCUT2D eigenvalue weighted by atomic mass is 16.5. The molecule has 0 amide bonds. The first-order valence-corrected chi connectivity index (χ1v) is 6.15. The van der Waals surface area contributed by atoms with E-state index in [4.69, 9.17) is 9.47 Å². The highest BCUT2D eigenvalue weighted by Gasteiger charge is 2.33. The lowest BCUT2D eigenvalue weighted by molar-refractivity contribution is -0.147. The summed E-state index contributed by atoms with van der Waals surface area (Å²) < 4.78 is 10.2. The van der Waals surface area contributed by atoms with E-state index in [0.717, 1.165) is 5.56 Å². The minimum atomic E-state index is -0.315. The third-order valence-electron chi connectivity index (χ3n) is 3.39. The maximum absolute atomic E-state index is 11.8. The molecule has 1 aliphatic rings. The Morgan fingerprint density at radius 2 is 2.16 bits per heavy atom. The molecule has 1 aromatic rings. The van der Waals surface area contributed by atoms with Crippen LogP contribution >= 0.6 is 0 Å². The Kier molecular flexibility index (Phi) is 3.74. The first-order valence-electron chi connectivity index (χ1n) is 6.15. The quantitative estimate of drug-likeness (QED) is 0.659. The fourth-order valence-electron chi connectivity index (χ4n) is 2.52. The van der Waals surface area contributed by atoms with E-state index < -0.39 is 0 Å². The number of benzene rings is 1. The number of phenolic OH excluding ortho intramolecular Hbond substituents is 1. The van der Waals surface area contributed by atoms with E-state index in [1.165, 1.54) is 13.2 Å². The Balaban J connectivity index is 2.40. The van der Waals surface area contributed by atoms with Crippen molar-refractivity contribution in [1.82, 2.24) is 0 Å². The van der Waals surface area contributed by atoms with Gasteiger partial charge in [-0.15, -0.1) is 0 Å². The SMILES string of the molecule is CCOC(=O)C1Cc2c(OC)cc(O)c(C=O)c2C1. The summed E-state index contributed by atoms with van der Waals surface area (Å²) >= 11 is 0. The van der Waals surface area contributed by atoms with Gasteiger partial charge in [0.05, 0.1) is 25.2 Å². The first-order chi connectivity index (χ1) is 9.12. The lowest BCUT2D eigenvalue weighted by atomic mass is 10.0. The van der Waals surface area contributed by atoms with E-state index in [-0.39, 0.29) is 23.2 Å². The molecule has 0 fully saturated rings. The first kappa shape index (κ1) is 13.4. The maximum Gasteiger partial charge on any atom is 0.309 e. The smallest absolute Gasteiger partial charge is 0.309 e. The molecule has 2 rings (SSSR count). The third-order valence-corrected chi connectivity index (χ3v) is 3.39. The minimum Gasteiger partial charge on any atom is -0.507 e. The average molecular weight is 264 g/mol. The van der Waals surface area contributed by atoms with E-state index >= 15 is 0 Å². The summed E-state index contributed by atoms with van der Waals surface area (Å²) in [5.74, 6) is -0.207. The van der Waals surface area contributed by atoms with E-state index in [9.17, 15) is 14.7 Å². The maximum atomic E-state index is 11.8. The fourth-order valence-corrected chi connectivity index (χ4v) is 2.52. The lowest BCUT2D eigenvalue weighted by Gasteiger charge is -2.10. The van der Waals surface area contributed by atoms with Gasteiger partial charge in [-0.05, 0) is 30.9 Å². The average Bonchev–Trinajstić information content (AvgIpc) is 2.83. The molecule has 0 aliphatic heterocycles. The van der Waals surface area contributed by atoms with Gasteiger partial charge in [-0.1, -0.05) is 0 Å². The zero-order valence-electron chi connectivity index (χ0n) is 10.9. The van der Waals surface area contributed by atoms with Crippen molar-refractivity contribution in [3.05, 3.63) is 22.8 Å². The highest BCUT2D eigenvalue weighted by molar-refractivity contribution is 5.85. The van der Waals surface area contributed by atoms with Gasteiger partial charge in [0.1, 0.15) is 11.5 Å². The summed E-state index contributed by atoms with van der Waals surface area (Å²) in [5, 5.41) is 9.79. The van der Waals surface area contributed by atoms with Gasteiger partial charge in [0.2, 0.25) is 0 Å². The number of fused-ring (bicyclic) bond motifs is 1. The van der Waals surface area contributed by atoms with Crippen LogP contribution in [0, 0.1) is 5.92 Å². The van der Waals surface area contributed by atoms with Crippen LogP contribution in [0.1, 0.15) is 28.4 Å². The Labute approximate surface area is 111 Å². The lowest BCUT2D eigenvalue weighted by Crippen LogP contribution is -2.17. The number of hydrogen-bond acceptors (Lipinski definition) is 5. The largest absolute Gasteiger partial charge is 0.507 e. The summed E-state index contributed by atoms with van der Waals surface area (Å²) in [5.41, 5.74) is 1.73. The highest BCUT2D eigenvalue weighted by Crippen LogP contribution is 2.40. The molecule has 0 aromatic heterocycles. The summed E-state index contributed by atoms with van der Waals surface area (Å²) in [6, 6.07) is 1.41. The van der Waals surface area contributed by atoms with Gasteiger partial charge in [-0.3, -0.25) is 9.59 Å².